The molecule has 2 aromatic heterocycles. The highest BCUT2D eigenvalue weighted by Gasteiger charge is 2.08. The van der Waals surface area contributed by atoms with Crippen molar-refractivity contribution in [3.63, 3.8) is 0 Å². The van der Waals surface area contributed by atoms with Gasteiger partial charge in [-0.2, -0.15) is 5.10 Å². The van der Waals surface area contributed by atoms with E-state index in [4.69, 9.17) is 10.5 Å². The molecule has 0 unspecified atom stereocenters. The zero-order chi connectivity index (χ0) is 12.4. The average molecular weight is 232 g/mol. The normalized spacial score (nSPS) is 10.5. The van der Waals surface area contributed by atoms with E-state index in [-0.39, 0.29) is 0 Å². The van der Waals surface area contributed by atoms with Gasteiger partial charge in [0.1, 0.15) is 0 Å². The molecule has 90 valence electrons. The van der Waals surface area contributed by atoms with Crippen LogP contribution in [0.1, 0.15) is 17.0 Å². The van der Waals surface area contributed by atoms with Crippen molar-refractivity contribution in [2.75, 3.05) is 12.8 Å². The first kappa shape index (κ1) is 11.4. The Kier molecular flexibility index (Phi) is 2.99. The van der Waals surface area contributed by atoms with E-state index in [9.17, 15) is 0 Å². The molecule has 0 radical (unpaired) electrons. The van der Waals surface area contributed by atoms with E-state index in [1.807, 2.05) is 30.7 Å². The van der Waals surface area contributed by atoms with Crippen molar-refractivity contribution in [3.8, 4) is 5.88 Å². The highest BCUT2D eigenvalue weighted by molar-refractivity contribution is 5.47. The number of nitrogens with two attached hydrogens (primary N) is 1. The summed E-state index contributed by atoms with van der Waals surface area (Å²) < 4.78 is 6.90. The van der Waals surface area contributed by atoms with Crippen LogP contribution in [0.5, 0.6) is 5.88 Å². The summed E-state index contributed by atoms with van der Waals surface area (Å²) in [5.41, 5.74) is 9.55. The first-order chi connectivity index (χ1) is 8.11. The van der Waals surface area contributed by atoms with Crippen LogP contribution in [-0.4, -0.2) is 21.9 Å². The smallest absolute Gasteiger partial charge is 0.212 e. The van der Waals surface area contributed by atoms with Gasteiger partial charge in [-0.25, -0.2) is 4.98 Å². The van der Waals surface area contributed by atoms with Crippen molar-refractivity contribution >= 4 is 5.69 Å². The predicted molar refractivity (Wildman–Crippen MR) is 66.0 cm³/mol. The largest absolute Gasteiger partial charge is 0.481 e. The molecule has 0 aliphatic heterocycles. The van der Waals surface area contributed by atoms with Crippen LogP contribution in [-0.2, 0) is 6.54 Å². The Bertz CT molecular complexity index is 516. The zero-order valence-corrected chi connectivity index (χ0v) is 10.3. The van der Waals surface area contributed by atoms with Crippen molar-refractivity contribution < 1.29 is 4.74 Å². The van der Waals surface area contributed by atoms with Crippen LogP contribution in [0.2, 0.25) is 0 Å². The molecule has 0 aliphatic carbocycles. The van der Waals surface area contributed by atoms with Gasteiger partial charge in [0.15, 0.2) is 0 Å². The summed E-state index contributed by atoms with van der Waals surface area (Å²) in [5.74, 6) is 0.613. The summed E-state index contributed by atoms with van der Waals surface area (Å²) in [6.07, 6.45) is 1.78. The van der Waals surface area contributed by atoms with Crippen molar-refractivity contribution in [2.45, 2.75) is 20.4 Å². The van der Waals surface area contributed by atoms with Crippen LogP contribution < -0.4 is 10.5 Å². The van der Waals surface area contributed by atoms with Crippen molar-refractivity contribution in [1.82, 2.24) is 14.8 Å². The minimum Gasteiger partial charge on any atom is -0.481 e. The Labute approximate surface area is 100 Å². The number of aryl methyl sites for hydroxylation is 1. The molecule has 0 fully saturated rings. The first-order valence-corrected chi connectivity index (χ1v) is 5.40. The number of ether oxygens (including phenoxy) is 1. The summed E-state index contributed by atoms with van der Waals surface area (Å²) in [5, 5.41) is 4.38. The summed E-state index contributed by atoms with van der Waals surface area (Å²) >= 11 is 0. The van der Waals surface area contributed by atoms with Crippen LogP contribution in [0.3, 0.4) is 0 Å². The van der Waals surface area contributed by atoms with E-state index >= 15 is 0 Å². The monoisotopic (exact) mass is 232 g/mol. The van der Waals surface area contributed by atoms with Crippen LogP contribution in [0.15, 0.2) is 18.3 Å². The quantitative estimate of drug-likeness (QED) is 0.871. The molecule has 0 amide bonds. The molecule has 17 heavy (non-hydrogen) atoms. The van der Waals surface area contributed by atoms with Crippen LogP contribution in [0, 0.1) is 13.8 Å². The molecule has 2 rings (SSSR count). The fourth-order valence-corrected chi connectivity index (χ4v) is 1.66. The summed E-state index contributed by atoms with van der Waals surface area (Å²) in [6.45, 7) is 4.54. The number of aromatic nitrogens is 3. The molecule has 0 aliphatic rings. The summed E-state index contributed by atoms with van der Waals surface area (Å²) in [4.78, 5) is 4.16. The zero-order valence-electron chi connectivity index (χ0n) is 10.3. The van der Waals surface area contributed by atoms with Gasteiger partial charge in [0.05, 0.1) is 30.7 Å². The standard InChI is InChI=1S/C12H16N4O/c1-8-12(13)9(2)16(15-8)7-10-4-5-11(17-3)14-6-10/h4-6H,7,13H2,1-3H3. The number of methoxy groups -OCH3 is 1. The first-order valence-electron chi connectivity index (χ1n) is 5.40. The van der Waals surface area contributed by atoms with Crippen LogP contribution in [0.4, 0.5) is 5.69 Å². The number of hydrogen-bond donors (Lipinski definition) is 1. The van der Waals surface area contributed by atoms with E-state index in [1.165, 1.54) is 0 Å². The van der Waals surface area contributed by atoms with Gasteiger partial charge >= 0.3 is 0 Å². The molecule has 0 saturated heterocycles. The Balaban J connectivity index is 2.22. The van der Waals surface area contributed by atoms with Gasteiger partial charge in [-0.1, -0.05) is 6.07 Å². The van der Waals surface area contributed by atoms with Crippen molar-refractivity contribution in [2.24, 2.45) is 0 Å². The molecule has 5 nitrogen and oxygen atoms in total. The average Bonchev–Trinajstić information content (AvgIpc) is 2.58. The van der Waals surface area contributed by atoms with Crippen molar-refractivity contribution in [1.29, 1.82) is 0 Å². The molecule has 0 atom stereocenters. The second-order valence-corrected chi connectivity index (χ2v) is 3.95. The molecule has 2 heterocycles. The van der Waals surface area contributed by atoms with E-state index in [0.717, 1.165) is 22.6 Å². The Morgan fingerprint density at radius 3 is 2.59 bits per heavy atom. The maximum atomic E-state index is 5.88. The minimum atomic E-state index is 0.613. The Hall–Kier alpha value is -2.04. The number of nitrogen functional groups attached to an aromatic ring is 1. The van der Waals surface area contributed by atoms with Gasteiger partial charge < -0.3 is 10.5 Å². The lowest BCUT2D eigenvalue weighted by Gasteiger charge is -2.05. The molecular formula is C12H16N4O. The van der Waals surface area contributed by atoms with Gasteiger partial charge in [-0.3, -0.25) is 4.68 Å². The van der Waals surface area contributed by atoms with E-state index in [2.05, 4.69) is 10.1 Å². The molecule has 0 bridgehead atoms. The van der Waals surface area contributed by atoms with Gasteiger partial charge in [0.2, 0.25) is 5.88 Å². The number of pyridine rings is 1. The summed E-state index contributed by atoms with van der Waals surface area (Å²) in [7, 11) is 1.60. The molecule has 0 spiro atoms. The van der Waals surface area contributed by atoms with Gasteiger partial charge in [0, 0.05) is 12.3 Å². The maximum Gasteiger partial charge on any atom is 0.212 e. The molecule has 0 aromatic carbocycles. The lowest BCUT2D eigenvalue weighted by atomic mass is 10.3. The fourth-order valence-electron chi connectivity index (χ4n) is 1.66. The third kappa shape index (κ3) is 2.22. The van der Waals surface area contributed by atoms with E-state index in [1.54, 1.807) is 13.3 Å². The van der Waals surface area contributed by atoms with E-state index in [0.29, 0.717) is 12.4 Å². The van der Waals surface area contributed by atoms with Crippen molar-refractivity contribution in [3.05, 3.63) is 35.3 Å². The second kappa shape index (κ2) is 4.45. The SMILES string of the molecule is COc1ccc(Cn2nc(C)c(N)c2C)cn1. The van der Waals surface area contributed by atoms with E-state index < -0.39 is 0 Å². The third-order valence-electron chi connectivity index (χ3n) is 2.78. The van der Waals surface area contributed by atoms with Crippen LogP contribution >= 0.6 is 0 Å². The second-order valence-electron chi connectivity index (χ2n) is 3.95. The van der Waals surface area contributed by atoms with Gasteiger partial charge in [-0.05, 0) is 19.4 Å². The number of rotatable bonds is 3. The number of anilines is 1. The third-order valence-corrected chi connectivity index (χ3v) is 2.78. The van der Waals surface area contributed by atoms with Crippen LogP contribution in [0.25, 0.3) is 0 Å². The number of hydrogen-bond acceptors (Lipinski definition) is 4. The number of nitrogens with zero attached hydrogens (tertiary/aromatic N) is 3. The molecule has 5 heteroatoms. The predicted octanol–water partition coefficient (Wildman–Crippen LogP) is 1.53. The van der Waals surface area contributed by atoms with Gasteiger partial charge in [0.25, 0.3) is 0 Å². The van der Waals surface area contributed by atoms with Gasteiger partial charge in [-0.15, -0.1) is 0 Å². The molecule has 2 aromatic rings. The minimum absolute atomic E-state index is 0.613. The Morgan fingerprint density at radius 2 is 2.12 bits per heavy atom. The lowest BCUT2D eigenvalue weighted by Crippen LogP contribution is -2.04. The lowest BCUT2D eigenvalue weighted by molar-refractivity contribution is 0.397. The summed E-state index contributed by atoms with van der Waals surface area (Å²) in [6, 6.07) is 3.81. The Morgan fingerprint density at radius 1 is 1.35 bits per heavy atom. The highest BCUT2D eigenvalue weighted by atomic mass is 16.5. The highest BCUT2D eigenvalue weighted by Crippen LogP contribution is 2.16. The fraction of sp³-hybridized carbons (Fsp3) is 0.333. The topological polar surface area (TPSA) is 66.0 Å². The molecule has 0 saturated carbocycles. The molecule has 2 N–H and O–H groups in total. The maximum absolute atomic E-state index is 5.88. The molecular weight excluding hydrogens is 216 g/mol.